The molecular weight excluding hydrogens is 360 g/mol. The lowest BCUT2D eigenvalue weighted by molar-refractivity contribution is -0.111. The standard InChI is InChI=1S/C25H22N2O2/c1-16-9-11-20(25-27-22-13-17(2)18(3)14-23(22)29-25)15-21(16)26-24(28)12-10-19-7-5-4-6-8-19/h4-15H,1-3H3,(H,26,28). The number of oxazole rings is 1. The van der Waals surface area contributed by atoms with Gasteiger partial charge in [0.2, 0.25) is 11.8 Å². The SMILES string of the molecule is Cc1cc2nc(-c3ccc(C)c(NC(=O)C=Cc4ccccc4)c3)oc2cc1C. The Morgan fingerprint density at radius 3 is 2.48 bits per heavy atom. The number of amides is 1. The summed E-state index contributed by atoms with van der Waals surface area (Å²) in [5, 5.41) is 2.95. The maximum Gasteiger partial charge on any atom is 0.248 e. The molecule has 4 rings (SSSR count). The van der Waals surface area contributed by atoms with Crippen LogP contribution in [0.15, 0.2) is 71.2 Å². The third-order valence-electron chi connectivity index (χ3n) is 4.97. The third-order valence-corrected chi connectivity index (χ3v) is 4.97. The van der Waals surface area contributed by atoms with Crippen molar-refractivity contribution >= 4 is 28.8 Å². The molecule has 29 heavy (non-hydrogen) atoms. The predicted octanol–water partition coefficient (Wildman–Crippen LogP) is 6.07. The lowest BCUT2D eigenvalue weighted by atomic mass is 10.1. The molecule has 1 heterocycles. The lowest BCUT2D eigenvalue weighted by Gasteiger charge is -2.08. The molecule has 0 saturated heterocycles. The van der Waals surface area contributed by atoms with Gasteiger partial charge in [-0.05, 0) is 73.4 Å². The number of carbonyl (C=O) groups is 1. The number of aromatic nitrogens is 1. The fourth-order valence-electron chi connectivity index (χ4n) is 3.10. The summed E-state index contributed by atoms with van der Waals surface area (Å²) in [5.41, 5.74) is 7.45. The molecule has 0 bridgehead atoms. The summed E-state index contributed by atoms with van der Waals surface area (Å²) in [6.45, 7) is 6.07. The maximum atomic E-state index is 12.4. The van der Waals surface area contributed by atoms with E-state index in [1.54, 1.807) is 6.08 Å². The van der Waals surface area contributed by atoms with Gasteiger partial charge in [0.15, 0.2) is 5.58 Å². The number of carbonyl (C=O) groups excluding carboxylic acids is 1. The van der Waals surface area contributed by atoms with Crippen molar-refractivity contribution in [2.24, 2.45) is 0 Å². The molecule has 4 heteroatoms. The Hall–Kier alpha value is -3.66. The minimum atomic E-state index is -0.182. The van der Waals surface area contributed by atoms with Crippen LogP contribution in [-0.2, 0) is 4.79 Å². The molecule has 1 aromatic heterocycles. The van der Waals surface area contributed by atoms with Crippen LogP contribution in [0, 0.1) is 20.8 Å². The van der Waals surface area contributed by atoms with Gasteiger partial charge in [0.05, 0.1) is 0 Å². The molecule has 1 amide bonds. The Kier molecular flexibility index (Phi) is 5.00. The van der Waals surface area contributed by atoms with Crippen molar-refractivity contribution in [3.05, 3.63) is 89.0 Å². The van der Waals surface area contributed by atoms with Gasteiger partial charge in [0.25, 0.3) is 0 Å². The number of nitrogens with zero attached hydrogens (tertiary/aromatic N) is 1. The van der Waals surface area contributed by atoms with E-state index >= 15 is 0 Å². The Balaban J connectivity index is 1.59. The minimum Gasteiger partial charge on any atom is -0.436 e. The Bertz CT molecular complexity index is 1180. The molecule has 144 valence electrons. The molecule has 3 aromatic carbocycles. The number of benzene rings is 3. The van der Waals surface area contributed by atoms with Gasteiger partial charge < -0.3 is 9.73 Å². The second-order valence-electron chi connectivity index (χ2n) is 7.19. The van der Waals surface area contributed by atoms with Crippen molar-refractivity contribution in [3.8, 4) is 11.5 Å². The smallest absolute Gasteiger partial charge is 0.248 e. The zero-order chi connectivity index (χ0) is 20.4. The van der Waals surface area contributed by atoms with Crippen molar-refractivity contribution in [2.75, 3.05) is 5.32 Å². The first-order chi connectivity index (χ1) is 14.0. The van der Waals surface area contributed by atoms with Crippen LogP contribution in [0.2, 0.25) is 0 Å². The van der Waals surface area contributed by atoms with E-state index in [9.17, 15) is 4.79 Å². The Morgan fingerprint density at radius 2 is 1.69 bits per heavy atom. The highest BCUT2D eigenvalue weighted by molar-refractivity contribution is 6.02. The number of hydrogen-bond acceptors (Lipinski definition) is 3. The highest BCUT2D eigenvalue weighted by atomic mass is 16.3. The van der Waals surface area contributed by atoms with Crippen molar-refractivity contribution in [1.82, 2.24) is 4.98 Å². The fourth-order valence-corrected chi connectivity index (χ4v) is 3.10. The normalized spacial score (nSPS) is 11.3. The number of anilines is 1. The van der Waals surface area contributed by atoms with Gasteiger partial charge in [0, 0.05) is 17.3 Å². The molecule has 4 aromatic rings. The van der Waals surface area contributed by atoms with Crippen LogP contribution in [0.25, 0.3) is 28.6 Å². The number of nitrogens with one attached hydrogen (secondary N) is 1. The van der Waals surface area contributed by atoms with E-state index in [0.29, 0.717) is 5.89 Å². The summed E-state index contributed by atoms with van der Waals surface area (Å²) in [7, 11) is 0. The Morgan fingerprint density at radius 1 is 0.931 bits per heavy atom. The minimum absolute atomic E-state index is 0.182. The zero-order valence-electron chi connectivity index (χ0n) is 16.7. The molecule has 0 unspecified atom stereocenters. The summed E-state index contributed by atoms with van der Waals surface area (Å²) in [6, 6.07) is 19.6. The Labute approximate surface area is 169 Å². The monoisotopic (exact) mass is 382 g/mol. The van der Waals surface area contributed by atoms with E-state index in [-0.39, 0.29) is 5.91 Å². The average molecular weight is 382 g/mol. The van der Waals surface area contributed by atoms with E-state index in [4.69, 9.17) is 4.42 Å². The van der Waals surface area contributed by atoms with Crippen molar-refractivity contribution in [1.29, 1.82) is 0 Å². The number of fused-ring (bicyclic) bond motifs is 1. The predicted molar refractivity (Wildman–Crippen MR) is 118 cm³/mol. The summed E-state index contributed by atoms with van der Waals surface area (Å²) >= 11 is 0. The third kappa shape index (κ3) is 4.11. The lowest BCUT2D eigenvalue weighted by Crippen LogP contribution is -2.09. The molecule has 0 radical (unpaired) electrons. The largest absolute Gasteiger partial charge is 0.436 e. The molecule has 0 aliphatic heterocycles. The van der Waals surface area contributed by atoms with Crippen LogP contribution in [0.4, 0.5) is 5.69 Å². The zero-order valence-corrected chi connectivity index (χ0v) is 16.7. The molecule has 1 N–H and O–H groups in total. The average Bonchev–Trinajstić information content (AvgIpc) is 3.12. The molecule has 0 aliphatic rings. The molecule has 0 spiro atoms. The van der Waals surface area contributed by atoms with Crippen LogP contribution in [-0.4, -0.2) is 10.9 Å². The quantitative estimate of drug-likeness (QED) is 0.436. The van der Waals surface area contributed by atoms with Gasteiger partial charge >= 0.3 is 0 Å². The summed E-state index contributed by atoms with van der Waals surface area (Å²) < 4.78 is 5.96. The molecular formula is C25H22N2O2. The van der Waals surface area contributed by atoms with Crippen LogP contribution in [0.5, 0.6) is 0 Å². The topological polar surface area (TPSA) is 55.1 Å². The van der Waals surface area contributed by atoms with E-state index in [1.165, 1.54) is 17.2 Å². The maximum absolute atomic E-state index is 12.4. The second-order valence-corrected chi connectivity index (χ2v) is 7.19. The molecule has 0 atom stereocenters. The highest BCUT2D eigenvalue weighted by Gasteiger charge is 2.12. The van der Waals surface area contributed by atoms with Gasteiger partial charge in [-0.3, -0.25) is 4.79 Å². The van der Waals surface area contributed by atoms with Crippen molar-refractivity contribution in [3.63, 3.8) is 0 Å². The first-order valence-corrected chi connectivity index (χ1v) is 9.52. The van der Waals surface area contributed by atoms with Gasteiger partial charge in [0.1, 0.15) is 5.52 Å². The van der Waals surface area contributed by atoms with E-state index in [0.717, 1.165) is 33.5 Å². The molecule has 4 nitrogen and oxygen atoms in total. The number of rotatable bonds is 4. The summed E-state index contributed by atoms with van der Waals surface area (Å²) in [4.78, 5) is 17.0. The highest BCUT2D eigenvalue weighted by Crippen LogP contribution is 2.29. The fraction of sp³-hybridized carbons (Fsp3) is 0.120. The van der Waals surface area contributed by atoms with Crippen LogP contribution in [0.3, 0.4) is 0 Å². The molecule has 0 fully saturated rings. The van der Waals surface area contributed by atoms with Crippen LogP contribution >= 0.6 is 0 Å². The number of hydrogen-bond donors (Lipinski definition) is 1. The second kappa shape index (κ2) is 7.76. The van der Waals surface area contributed by atoms with E-state index < -0.39 is 0 Å². The molecule has 0 saturated carbocycles. The van der Waals surface area contributed by atoms with Crippen molar-refractivity contribution in [2.45, 2.75) is 20.8 Å². The van der Waals surface area contributed by atoms with Crippen molar-refractivity contribution < 1.29 is 9.21 Å². The van der Waals surface area contributed by atoms with Gasteiger partial charge in [-0.2, -0.15) is 0 Å². The van der Waals surface area contributed by atoms with Crippen LogP contribution in [0.1, 0.15) is 22.3 Å². The first-order valence-electron chi connectivity index (χ1n) is 9.52. The number of aryl methyl sites for hydroxylation is 3. The van der Waals surface area contributed by atoms with Gasteiger partial charge in [-0.1, -0.05) is 36.4 Å². The van der Waals surface area contributed by atoms with Crippen LogP contribution < -0.4 is 5.32 Å². The molecule has 0 aliphatic carbocycles. The summed E-state index contributed by atoms with van der Waals surface area (Å²) in [5.74, 6) is 0.359. The van der Waals surface area contributed by atoms with E-state index in [1.807, 2.05) is 67.6 Å². The summed E-state index contributed by atoms with van der Waals surface area (Å²) in [6.07, 6.45) is 3.33. The van der Waals surface area contributed by atoms with E-state index in [2.05, 4.69) is 24.1 Å². The van der Waals surface area contributed by atoms with Gasteiger partial charge in [-0.25, -0.2) is 4.98 Å². The first kappa shape index (κ1) is 18.7. The van der Waals surface area contributed by atoms with Gasteiger partial charge in [-0.15, -0.1) is 0 Å².